The van der Waals surface area contributed by atoms with Gasteiger partial charge >= 0.3 is 0 Å². The first-order valence-corrected chi connectivity index (χ1v) is 20.2. The van der Waals surface area contributed by atoms with E-state index in [0.717, 1.165) is 28.4 Å². The summed E-state index contributed by atoms with van der Waals surface area (Å²) in [5.74, 6) is 0. The molecule has 0 saturated heterocycles. The Morgan fingerprint density at radius 3 is 1.38 bits per heavy atom. The van der Waals surface area contributed by atoms with Crippen LogP contribution in [-0.4, -0.2) is 8.07 Å². The molecule has 9 rings (SSSR count). The minimum absolute atomic E-state index is 1.07. The Balaban J connectivity index is 1.19. The second kappa shape index (κ2) is 14.1. The van der Waals surface area contributed by atoms with Gasteiger partial charge in [0, 0.05) is 33.5 Å². The Bertz CT molecular complexity index is 2570. The number of fused-ring (bicyclic) bond motifs is 2. The molecule has 0 atom stereocenters. The average molecular weight is 695 g/mol. The largest absolute Gasteiger partial charge is 0.355 e. The Morgan fingerprint density at radius 2 is 0.755 bits per heavy atom. The molecule has 0 spiro atoms. The van der Waals surface area contributed by atoms with Crippen molar-refractivity contribution >= 4 is 78.8 Å². The molecule has 0 fully saturated rings. The molecule has 9 aromatic rings. The van der Waals surface area contributed by atoms with Crippen LogP contribution in [0.2, 0.25) is 0 Å². The quantitative estimate of drug-likeness (QED) is 0.120. The highest BCUT2D eigenvalue weighted by Crippen LogP contribution is 2.38. The number of rotatable bonds is 9. The number of anilines is 5. The molecule has 53 heavy (non-hydrogen) atoms. The van der Waals surface area contributed by atoms with E-state index in [1.54, 1.807) is 0 Å². The second-order valence-electron chi connectivity index (χ2n) is 13.4. The smallest absolute Gasteiger partial charge is 0.179 e. The van der Waals surface area contributed by atoms with Crippen molar-refractivity contribution in [3.05, 3.63) is 224 Å². The molecule has 0 bridgehead atoms. The SMILES string of the molecule is c1ccc(N(c2ccc([Si](c3ccccc3)(c3ccccc3)c3ccc(Nc4cccc5ccccc45)cc3)cc2)c2cccc3ccccc23)cc1. The van der Waals surface area contributed by atoms with Crippen LogP contribution in [0.15, 0.2) is 224 Å². The van der Waals surface area contributed by atoms with Gasteiger partial charge in [0.15, 0.2) is 8.07 Å². The summed E-state index contributed by atoms with van der Waals surface area (Å²) in [6.45, 7) is 0. The summed E-state index contributed by atoms with van der Waals surface area (Å²) in [5, 5.41) is 14.0. The number of nitrogens with one attached hydrogen (secondary N) is 1. The summed E-state index contributed by atoms with van der Waals surface area (Å²) in [7, 11) is -2.76. The number of benzene rings is 9. The predicted octanol–water partition coefficient (Wildman–Crippen LogP) is 10.6. The molecule has 0 radical (unpaired) electrons. The molecule has 0 aromatic heterocycles. The van der Waals surface area contributed by atoms with E-state index in [2.05, 4.69) is 235 Å². The molecule has 252 valence electrons. The van der Waals surface area contributed by atoms with Crippen LogP contribution in [0, 0.1) is 0 Å². The fourth-order valence-electron chi connectivity index (χ4n) is 7.94. The fourth-order valence-corrected chi connectivity index (χ4v) is 12.7. The molecule has 9 aromatic carbocycles. The van der Waals surface area contributed by atoms with Gasteiger partial charge in [-0.3, -0.25) is 0 Å². The topological polar surface area (TPSA) is 15.3 Å². The minimum atomic E-state index is -2.76. The third-order valence-electron chi connectivity index (χ3n) is 10.4. The second-order valence-corrected chi connectivity index (χ2v) is 17.2. The molecule has 2 nitrogen and oxygen atoms in total. The van der Waals surface area contributed by atoms with Crippen LogP contribution in [0.25, 0.3) is 21.5 Å². The molecule has 3 heteroatoms. The third-order valence-corrected chi connectivity index (χ3v) is 15.2. The van der Waals surface area contributed by atoms with Gasteiger partial charge < -0.3 is 10.2 Å². The van der Waals surface area contributed by atoms with E-state index in [4.69, 9.17) is 0 Å². The van der Waals surface area contributed by atoms with E-state index in [1.165, 1.54) is 42.3 Å². The van der Waals surface area contributed by atoms with Gasteiger partial charge in [0.25, 0.3) is 0 Å². The number of hydrogen-bond donors (Lipinski definition) is 1. The molecule has 0 unspecified atom stereocenters. The van der Waals surface area contributed by atoms with Gasteiger partial charge in [-0.15, -0.1) is 0 Å². The summed E-state index contributed by atoms with van der Waals surface area (Å²) in [4.78, 5) is 2.38. The van der Waals surface area contributed by atoms with Crippen molar-refractivity contribution in [1.82, 2.24) is 0 Å². The van der Waals surface area contributed by atoms with Gasteiger partial charge in [0.2, 0.25) is 0 Å². The lowest BCUT2D eigenvalue weighted by molar-refractivity contribution is 1.30. The van der Waals surface area contributed by atoms with Crippen LogP contribution in [-0.2, 0) is 0 Å². The Kier molecular flexibility index (Phi) is 8.61. The lowest BCUT2D eigenvalue weighted by atomic mass is 10.1. The molecule has 0 aliphatic heterocycles. The normalized spacial score (nSPS) is 11.4. The van der Waals surface area contributed by atoms with Crippen molar-refractivity contribution in [3.8, 4) is 0 Å². The molecule has 0 amide bonds. The minimum Gasteiger partial charge on any atom is -0.355 e. The van der Waals surface area contributed by atoms with E-state index in [9.17, 15) is 0 Å². The molecule has 0 heterocycles. The molecule has 0 aliphatic rings. The molecule has 0 aliphatic carbocycles. The molecular formula is C50H38N2Si. The summed E-state index contributed by atoms with van der Waals surface area (Å²) >= 11 is 0. The third kappa shape index (κ3) is 5.97. The number of para-hydroxylation sites is 1. The van der Waals surface area contributed by atoms with Crippen molar-refractivity contribution in [2.75, 3.05) is 10.2 Å². The van der Waals surface area contributed by atoms with Gasteiger partial charge in [-0.05, 0) is 80.1 Å². The van der Waals surface area contributed by atoms with Crippen molar-refractivity contribution in [2.24, 2.45) is 0 Å². The molecule has 0 saturated carbocycles. The Morgan fingerprint density at radius 1 is 0.321 bits per heavy atom. The van der Waals surface area contributed by atoms with E-state index >= 15 is 0 Å². The standard InChI is InChI=1S/C50H38N2Si/c1-4-20-41(21-5-1)52(50-29-15-19-39-17-11-13-27-48(39)50)42-32-36-46(37-33-42)53(43-22-6-2-7-23-43,44-24-8-3-9-25-44)45-34-30-40(31-35-45)51-49-28-14-18-38-16-10-12-26-47(38)49/h1-37,51H. The van der Waals surface area contributed by atoms with E-state index in [1.807, 2.05) is 0 Å². The van der Waals surface area contributed by atoms with Gasteiger partial charge in [-0.1, -0.05) is 176 Å². The lowest BCUT2D eigenvalue weighted by Gasteiger charge is -2.35. The first-order chi connectivity index (χ1) is 26.3. The van der Waals surface area contributed by atoms with Gasteiger partial charge in [0.1, 0.15) is 0 Å². The monoisotopic (exact) mass is 694 g/mol. The maximum atomic E-state index is 3.72. The highest BCUT2D eigenvalue weighted by atomic mass is 28.3. The maximum Gasteiger partial charge on any atom is 0.179 e. The van der Waals surface area contributed by atoms with Crippen LogP contribution in [0.5, 0.6) is 0 Å². The van der Waals surface area contributed by atoms with Crippen LogP contribution >= 0.6 is 0 Å². The van der Waals surface area contributed by atoms with Crippen LogP contribution in [0.3, 0.4) is 0 Å². The zero-order valence-corrected chi connectivity index (χ0v) is 30.3. The van der Waals surface area contributed by atoms with Crippen molar-refractivity contribution in [3.63, 3.8) is 0 Å². The predicted molar refractivity (Wildman–Crippen MR) is 229 cm³/mol. The highest BCUT2D eigenvalue weighted by molar-refractivity contribution is 7.19. The van der Waals surface area contributed by atoms with Crippen LogP contribution < -0.4 is 31.0 Å². The average Bonchev–Trinajstić information content (AvgIpc) is 3.24. The Hall–Kier alpha value is -6.68. The summed E-state index contributed by atoms with van der Waals surface area (Å²) < 4.78 is 0. The van der Waals surface area contributed by atoms with Crippen molar-refractivity contribution < 1.29 is 0 Å². The number of nitrogens with zero attached hydrogens (tertiary/aromatic N) is 1. The zero-order valence-electron chi connectivity index (χ0n) is 29.3. The summed E-state index contributed by atoms with van der Waals surface area (Å²) in [5.41, 5.74) is 5.58. The molecule has 1 N–H and O–H groups in total. The van der Waals surface area contributed by atoms with E-state index < -0.39 is 8.07 Å². The summed E-state index contributed by atoms with van der Waals surface area (Å²) in [6, 6.07) is 81.7. The van der Waals surface area contributed by atoms with Crippen molar-refractivity contribution in [1.29, 1.82) is 0 Å². The van der Waals surface area contributed by atoms with Gasteiger partial charge in [-0.25, -0.2) is 0 Å². The van der Waals surface area contributed by atoms with E-state index in [-0.39, 0.29) is 0 Å². The van der Waals surface area contributed by atoms with E-state index in [0.29, 0.717) is 0 Å². The molecular weight excluding hydrogens is 657 g/mol. The Labute approximate surface area is 312 Å². The zero-order chi connectivity index (χ0) is 35.5. The lowest BCUT2D eigenvalue weighted by Crippen LogP contribution is -2.74. The van der Waals surface area contributed by atoms with Crippen LogP contribution in [0.4, 0.5) is 28.4 Å². The first-order valence-electron chi connectivity index (χ1n) is 18.2. The highest BCUT2D eigenvalue weighted by Gasteiger charge is 2.41. The maximum absolute atomic E-state index is 3.72. The van der Waals surface area contributed by atoms with Gasteiger partial charge in [-0.2, -0.15) is 0 Å². The van der Waals surface area contributed by atoms with Crippen molar-refractivity contribution in [2.45, 2.75) is 0 Å². The van der Waals surface area contributed by atoms with Gasteiger partial charge in [0.05, 0.1) is 5.69 Å². The summed E-state index contributed by atoms with van der Waals surface area (Å²) in [6.07, 6.45) is 0. The fraction of sp³-hybridized carbons (Fsp3) is 0. The number of hydrogen-bond acceptors (Lipinski definition) is 2. The first kappa shape index (κ1) is 32.2. The van der Waals surface area contributed by atoms with Crippen LogP contribution in [0.1, 0.15) is 0 Å².